The molecule has 0 aromatic heterocycles. The summed E-state index contributed by atoms with van der Waals surface area (Å²) in [4.78, 5) is 0. The molecule has 4 nitrogen and oxygen atoms in total. The summed E-state index contributed by atoms with van der Waals surface area (Å²) in [7, 11) is 0.207. The minimum atomic E-state index is -1.35. The molecular formula is C21H24ClFN2O2S. The fourth-order valence-corrected chi connectivity index (χ4v) is 3.98. The summed E-state index contributed by atoms with van der Waals surface area (Å²) >= 11 is 6.10. The maximum absolute atomic E-state index is 14.4. The van der Waals surface area contributed by atoms with E-state index in [1.165, 1.54) is 0 Å². The standard InChI is InChI=1S/C21H24ClFN2O2S/c1-13(25-28(26)21(2,3)4)20(14-7-6-8-16(9-14)27-5)17-10-15(22)11-19(23)18(17)12-24/h6-11,13,20,25H,1-5H3. The fourth-order valence-electron chi connectivity index (χ4n) is 2.94. The first-order valence-corrected chi connectivity index (χ1v) is 10.3. The van der Waals surface area contributed by atoms with Gasteiger partial charge in [-0.15, -0.1) is 0 Å². The molecule has 0 fully saturated rings. The van der Waals surface area contributed by atoms with Crippen LogP contribution in [0, 0.1) is 17.1 Å². The third kappa shape index (κ3) is 5.11. The molecule has 0 aliphatic rings. The zero-order valence-electron chi connectivity index (χ0n) is 16.5. The van der Waals surface area contributed by atoms with Crippen molar-refractivity contribution in [2.75, 3.05) is 7.11 Å². The topological polar surface area (TPSA) is 62.1 Å². The number of nitriles is 1. The monoisotopic (exact) mass is 422 g/mol. The van der Waals surface area contributed by atoms with Crippen molar-refractivity contribution in [3.8, 4) is 11.8 Å². The number of nitrogens with zero attached hydrogens (tertiary/aromatic N) is 1. The molecular weight excluding hydrogens is 399 g/mol. The first kappa shape index (κ1) is 22.4. The number of hydrogen-bond acceptors (Lipinski definition) is 3. The van der Waals surface area contributed by atoms with Crippen molar-refractivity contribution in [1.82, 2.24) is 4.72 Å². The second-order valence-electron chi connectivity index (χ2n) is 7.51. The van der Waals surface area contributed by atoms with Crippen molar-refractivity contribution in [3.05, 3.63) is 63.9 Å². The highest BCUT2D eigenvalue weighted by Gasteiger charge is 2.30. The third-order valence-electron chi connectivity index (χ3n) is 4.33. The normalized spacial score (nSPS) is 14.8. The fraction of sp³-hybridized carbons (Fsp3) is 0.381. The summed E-state index contributed by atoms with van der Waals surface area (Å²) < 4.78 is 35.0. The molecule has 2 rings (SSSR count). The number of halogens is 2. The van der Waals surface area contributed by atoms with Gasteiger partial charge in [0.15, 0.2) is 0 Å². The molecule has 1 N–H and O–H groups in total. The predicted molar refractivity (Wildman–Crippen MR) is 111 cm³/mol. The largest absolute Gasteiger partial charge is 0.497 e. The lowest BCUT2D eigenvalue weighted by molar-refractivity contribution is 0.413. The molecule has 150 valence electrons. The Morgan fingerprint density at radius 3 is 2.54 bits per heavy atom. The molecule has 0 radical (unpaired) electrons. The van der Waals surface area contributed by atoms with Crippen LogP contribution in [0.3, 0.4) is 0 Å². The molecule has 0 aliphatic heterocycles. The maximum Gasteiger partial charge on any atom is 0.142 e. The molecule has 0 saturated heterocycles. The zero-order valence-corrected chi connectivity index (χ0v) is 18.1. The highest BCUT2D eigenvalue weighted by molar-refractivity contribution is 7.84. The Morgan fingerprint density at radius 1 is 1.29 bits per heavy atom. The molecule has 0 bridgehead atoms. The summed E-state index contributed by atoms with van der Waals surface area (Å²) in [5, 5.41) is 9.74. The first-order valence-electron chi connectivity index (χ1n) is 8.79. The van der Waals surface area contributed by atoms with Crippen LogP contribution in [0.2, 0.25) is 5.02 Å². The second kappa shape index (κ2) is 9.04. The molecule has 3 atom stereocenters. The summed E-state index contributed by atoms with van der Waals surface area (Å²) in [6.07, 6.45) is 0. The minimum Gasteiger partial charge on any atom is -0.497 e. The second-order valence-corrected chi connectivity index (χ2v) is 9.94. The summed E-state index contributed by atoms with van der Waals surface area (Å²) in [6.45, 7) is 7.45. The van der Waals surface area contributed by atoms with Crippen molar-refractivity contribution in [3.63, 3.8) is 0 Å². The first-order chi connectivity index (χ1) is 13.1. The molecule has 0 heterocycles. The maximum atomic E-state index is 14.4. The lowest BCUT2D eigenvalue weighted by atomic mass is 9.83. The van der Waals surface area contributed by atoms with Crippen LogP contribution in [-0.2, 0) is 11.0 Å². The number of hydrogen-bond donors (Lipinski definition) is 1. The van der Waals surface area contributed by atoms with Crippen molar-refractivity contribution in [1.29, 1.82) is 5.26 Å². The van der Waals surface area contributed by atoms with Gasteiger partial charge in [-0.25, -0.2) is 13.3 Å². The van der Waals surface area contributed by atoms with Gasteiger partial charge in [0, 0.05) is 17.0 Å². The van der Waals surface area contributed by atoms with Crippen LogP contribution < -0.4 is 9.46 Å². The van der Waals surface area contributed by atoms with E-state index in [-0.39, 0.29) is 16.6 Å². The van der Waals surface area contributed by atoms with Crippen LogP contribution in [0.1, 0.15) is 50.3 Å². The SMILES string of the molecule is COc1cccc(C(c2cc(Cl)cc(F)c2C#N)C(C)NS(=O)C(C)(C)C)c1. The van der Waals surface area contributed by atoms with Gasteiger partial charge in [0.05, 0.1) is 28.4 Å². The Kier molecular flexibility index (Phi) is 7.22. The Balaban J connectivity index is 2.64. The van der Waals surface area contributed by atoms with Gasteiger partial charge in [0.25, 0.3) is 0 Å². The van der Waals surface area contributed by atoms with Gasteiger partial charge < -0.3 is 4.74 Å². The average molecular weight is 423 g/mol. The van der Waals surface area contributed by atoms with Crippen molar-refractivity contribution >= 4 is 22.6 Å². The van der Waals surface area contributed by atoms with Gasteiger partial charge in [-0.2, -0.15) is 5.26 Å². The van der Waals surface area contributed by atoms with E-state index in [4.69, 9.17) is 16.3 Å². The van der Waals surface area contributed by atoms with Crippen LogP contribution in [0.5, 0.6) is 5.75 Å². The van der Waals surface area contributed by atoms with E-state index in [9.17, 15) is 13.9 Å². The minimum absolute atomic E-state index is 0.0765. The Bertz CT molecular complexity index is 922. The van der Waals surface area contributed by atoms with Crippen LogP contribution in [0.25, 0.3) is 0 Å². The molecule has 2 aromatic carbocycles. The number of benzene rings is 2. The van der Waals surface area contributed by atoms with E-state index < -0.39 is 27.5 Å². The summed E-state index contributed by atoms with van der Waals surface area (Å²) in [5.74, 6) is -0.515. The van der Waals surface area contributed by atoms with Gasteiger partial charge in [-0.05, 0) is 63.1 Å². The van der Waals surface area contributed by atoms with E-state index in [1.54, 1.807) is 19.2 Å². The molecule has 2 aromatic rings. The molecule has 7 heteroatoms. The van der Waals surface area contributed by atoms with Gasteiger partial charge in [-0.1, -0.05) is 23.7 Å². The van der Waals surface area contributed by atoms with E-state index in [0.29, 0.717) is 11.3 Å². The molecule has 0 spiro atoms. The van der Waals surface area contributed by atoms with E-state index in [0.717, 1.165) is 11.6 Å². The Hall–Kier alpha value is -1.94. The predicted octanol–water partition coefficient (Wildman–Crippen LogP) is 4.93. The van der Waals surface area contributed by atoms with Crippen molar-refractivity contribution < 1.29 is 13.3 Å². The van der Waals surface area contributed by atoms with Gasteiger partial charge in [-0.3, -0.25) is 0 Å². The lowest BCUT2D eigenvalue weighted by Crippen LogP contribution is -2.41. The van der Waals surface area contributed by atoms with Gasteiger partial charge >= 0.3 is 0 Å². The highest BCUT2D eigenvalue weighted by Crippen LogP contribution is 2.35. The van der Waals surface area contributed by atoms with E-state index in [2.05, 4.69) is 4.72 Å². The smallest absolute Gasteiger partial charge is 0.142 e. The Labute approximate surface area is 173 Å². The third-order valence-corrected chi connectivity index (χ3v) is 6.25. The number of nitrogens with one attached hydrogen (secondary N) is 1. The molecule has 0 aliphatic carbocycles. The average Bonchev–Trinajstić information content (AvgIpc) is 2.61. The highest BCUT2D eigenvalue weighted by atomic mass is 35.5. The summed E-state index contributed by atoms with van der Waals surface area (Å²) in [5.41, 5.74) is 1.16. The molecule has 0 saturated carbocycles. The van der Waals surface area contributed by atoms with Crippen molar-refractivity contribution in [2.45, 2.75) is 44.4 Å². The Morgan fingerprint density at radius 2 is 1.96 bits per heavy atom. The number of rotatable bonds is 6. The van der Waals surface area contributed by atoms with Crippen LogP contribution in [-0.4, -0.2) is 22.1 Å². The quantitative estimate of drug-likeness (QED) is 0.717. The van der Waals surface area contributed by atoms with Crippen molar-refractivity contribution in [2.24, 2.45) is 0 Å². The summed E-state index contributed by atoms with van der Waals surface area (Å²) in [6, 6.07) is 11.6. The van der Waals surface area contributed by atoms with E-state index in [1.807, 2.05) is 52.0 Å². The molecule has 0 amide bonds. The number of methoxy groups -OCH3 is 1. The van der Waals surface area contributed by atoms with Crippen LogP contribution in [0.4, 0.5) is 4.39 Å². The van der Waals surface area contributed by atoms with Crippen LogP contribution in [0.15, 0.2) is 36.4 Å². The molecule has 3 unspecified atom stereocenters. The van der Waals surface area contributed by atoms with E-state index >= 15 is 0 Å². The molecule has 28 heavy (non-hydrogen) atoms. The van der Waals surface area contributed by atoms with Gasteiger partial charge in [0.1, 0.15) is 17.6 Å². The number of ether oxygens (including phenoxy) is 1. The van der Waals surface area contributed by atoms with Gasteiger partial charge in [0.2, 0.25) is 0 Å². The van der Waals surface area contributed by atoms with Crippen LogP contribution >= 0.6 is 11.6 Å². The lowest BCUT2D eigenvalue weighted by Gasteiger charge is -2.29. The zero-order chi connectivity index (χ0) is 21.1.